The maximum absolute atomic E-state index is 3.98. The fourth-order valence-electron chi connectivity index (χ4n) is 1.52. The lowest BCUT2D eigenvalue weighted by molar-refractivity contribution is 0.681. The number of nitrogens with zero attached hydrogens (tertiary/aromatic N) is 1. The standard InChI is InChI=1S/C12H14BrN3.2ClH/c13-11-3-1-2-10(6-11)7-14-5-4-12-8-15-9-16-12;;/h1-3,6,8-9,14H,4-5,7H2,(H,15,16);2*1H. The summed E-state index contributed by atoms with van der Waals surface area (Å²) in [5.41, 5.74) is 2.46. The largest absolute Gasteiger partial charge is 0.348 e. The lowest BCUT2D eigenvalue weighted by Gasteiger charge is -2.04. The second-order valence-corrected chi connectivity index (χ2v) is 4.55. The molecular weight excluding hydrogens is 337 g/mol. The molecule has 1 heterocycles. The number of halogens is 3. The van der Waals surface area contributed by atoms with Crippen LogP contribution < -0.4 is 5.32 Å². The smallest absolute Gasteiger partial charge is 0.0921 e. The number of imidazole rings is 1. The van der Waals surface area contributed by atoms with Gasteiger partial charge in [0.1, 0.15) is 0 Å². The highest BCUT2D eigenvalue weighted by Gasteiger charge is 1.95. The summed E-state index contributed by atoms with van der Waals surface area (Å²) in [5, 5.41) is 3.40. The van der Waals surface area contributed by atoms with Gasteiger partial charge in [-0.1, -0.05) is 28.1 Å². The Morgan fingerprint density at radius 3 is 2.78 bits per heavy atom. The Hall–Kier alpha value is -0.550. The summed E-state index contributed by atoms with van der Waals surface area (Å²) >= 11 is 3.46. The number of rotatable bonds is 5. The van der Waals surface area contributed by atoms with Crippen LogP contribution in [0.4, 0.5) is 0 Å². The molecule has 0 aliphatic rings. The molecule has 0 radical (unpaired) electrons. The van der Waals surface area contributed by atoms with E-state index < -0.39 is 0 Å². The Morgan fingerprint density at radius 1 is 1.28 bits per heavy atom. The number of aromatic nitrogens is 2. The molecule has 0 aliphatic heterocycles. The molecule has 1 aromatic heterocycles. The van der Waals surface area contributed by atoms with E-state index in [1.54, 1.807) is 6.33 Å². The Morgan fingerprint density at radius 2 is 2.11 bits per heavy atom. The first-order valence-electron chi connectivity index (χ1n) is 5.27. The third-order valence-corrected chi connectivity index (χ3v) is 2.84. The predicted molar refractivity (Wildman–Crippen MR) is 82.6 cm³/mol. The van der Waals surface area contributed by atoms with E-state index in [1.807, 2.05) is 12.3 Å². The van der Waals surface area contributed by atoms with Gasteiger partial charge >= 0.3 is 0 Å². The molecule has 3 nitrogen and oxygen atoms in total. The maximum Gasteiger partial charge on any atom is 0.0921 e. The monoisotopic (exact) mass is 351 g/mol. The van der Waals surface area contributed by atoms with Gasteiger partial charge in [0.15, 0.2) is 0 Å². The van der Waals surface area contributed by atoms with Gasteiger partial charge in [-0.05, 0) is 17.7 Å². The summed E-state index contributed by atoms with van der Waals surface area (Å²) in [5.74, 6) is 0. The highest BCUT2D eigenvalue weighted by molar-refractivity contribution is 9.10. The van der Waals surface area contributed by atoms with Crippen molar-refractivity contribution in [2.24, 2.45) is 0 Å². The third kappa shape index (κ3) is 5.87. The Labute approximate surface area is 128 Å². The SMILES string of the molecule is Brc1cccc(CNCCc2cnc[nH]2)c1.Cl.Cl. The zero-order valence-corrected chi connectivity index (χ0v) is 12.9. The second kappa shape index (κ2) is 9.39. The molecule has 6 heteroatoms. The van der Waals surface area contributed by atoms with Crippen LogP contribution in [0.2, 0.25) is 0 Å². The predicted octanol–water partition coefficient (Wildman–Crippen LogP) is 3.35. The van der Waals surface area contributed by atoms with Crippen LogP contribution in [0.5, 0.6) is 0 Å². The van der Waals surface area contributed by atoms with Gasteiger partial charge in [-0.25, -0.2) is 4.98 Å². The Bertz CT molecular complexity index is 435. The van der Waals surface area contributed by atoms with Crippen molar-refractivity contribution < 1.29 is 0 Å². The van der Waals surface area contributed by atoms with Gasteiger partial charge in [-0.3, -0.25) is 0 Å². The number of nitrogens with one attached hydrogen (secondary N) is 2. The second-order valence-electron chi connectivity index (χ2n) is 3.63. The number of hydrogen-bond donors (Lipinski definition) is 2. The molecule has 18 heavy (non-hydrogen) atoms. The molecule has 0 aliphatic carbocycles. The zero-order valence-electron chi connectivity index (χ0n) is 9.73. The quantitative estimate of drug-likeness (QED) is 0.810. The van der Waals surface area contributed by atoms with Gasteiger partial charge in [0.2, 0.25) is 0 Å². The summed E-state index contributed by atoms with van der Waals surface area (Å²) in [7, 11) is 0. The average Bonchev–Trinajstić information content (AvgIpc) is 2.77. The van der Waals surface area contributed by atoms with Crippen LogP contribution in [-0.2, 0) is 13.0 Å². The molecule has 100 valence electrons. The van der Waals surface area contributed by atoms with Gasteiger partial charge in [0, 0.05) is 35.9 Å². The van der Waals surface area contributed by atoms with Crippen molar-refractivity contribution in [3.8, 4) is 0 Å². The number of hydrogen-bond acceptors (Lipinski definition) is 2. The summed E-state index contributed by atoms with van der Waals surface area (Å²) in [6.45, 7) is 1.85. The average molecular weight is 353 g/mol. The molecular formula is C12H16BrCl2N3. The minimum atomic E-state index is 0. The van der Waals surface area contributed by atoms with Crippen molar-refractivity contribution in [1.29, 1.82) is 0 Å². The van der Waals surface area contributed by atoms with Crippen LogP contribution in [-0.4, -0.2) is 16.5 Å². The van der Waals surface area contributed by atoms with Crippen LogP contribution in [0.3, 0.4) is 0 Å². The van der Waals surface area contributed by atoms with E-state index in [0.717, 1.165) is 24.0 Å². The molecule has 2 aromatic rings. The molecule has 0 bridgehead atoms. The normalized spacial score (nSPS) is 9.39. The molecule has 0 saturated carbocycles. The Kier molecular flexibility index (Phi) is 9.10. The fourth-order valence-corrected chi connectivity index (χ4v) is 1.97. The van der Waals surface area contributed by atoms with Gasteiger partial charge < -0.3 is 10.3 Å². The van der Waals surface area contributed by atoms with Crippen LogP contribution in [0.15, 0.2) is 41.3 Å². The summed E-state index contributed by atoms with van der Waals surface area (Å²) in [6.07, 6.45) is 4.55. The van der Waals surface area contributed by atoms with Crippen molar-refractivity contribution >= 4 is 40.7 Å². The Balaban J connectivity index is 0.00000144. The highest BCUT2D eigenvalue weighted by atomic mass is 79.9. The topological polar surface area (TPSA) is 40.7 Å². The zero-order chi connectivity index (χ0) is 11.2. The first-order valence-corrected chi connectivity index (χ1v) is 6.06. The van der Waals surface area contributed by atoms with Gasteiger partial charge in [0.25, 0.3) is 0 Å². The minimum absolute atomic E-state index is 0. The molecule has 1 aromatic carbocycles. The van der Waals surface area contributed by atoms with Crippen LogP contribution in [0.25, 0.3) is 0 Å². The highest BCUT2D eigenvalue weighted by Crippen LogP contribution is 2.11. The molecule has 0 fully saturated rings. The van der Waals surface area contributed by atoms with Crippen molar-refractivity contribution in [3.63, 3.8) is 0 Å². The van der Waals surface area contributed by atoms with E-state index in [-0.39, 0.29) is 24.8 Å². The van der Waals surface area contributed by atoms with Gasteiger partial charge in [-0.2, -0.15) is 0 Å². The number of H-pyrrole nitrogens is 1. The van der Waals surface area contributed by atoms with E-state index in [2.05, 4.69) is 49.4 Å². The van der Waals surface area contributed by atoms with Gasteiger partial charge in [-0.15, -0.1) is 24.8 Å². The van der Waals surface area contributed by atoms with Crippen molar-refractivity contribution in [2.45, 2.75) is 13.0 Å². The van der Waals surface area contributed by atoms with Crippen LogP contribution in [0, 0.1) is 0 Å². The van der Waals surface area contributed by atoms with Crippen molar-refractivity contribution in [2.75, 3.05) is 6.54 Å². The molecule has 0 spiro atoms. The van der Waals surface area contributed by atoms with Crippen LogP contribution in [0.1, 0.15) is 11.3 Å². The molecule has 2 N–H and O–H groups in total. The van der Waals surface area contributed by atoms with E-state index in [1.165, 1.54) is 11.3 Å². The van der Waals surface area contributed by atoms with E-state index in [0.29, 0.717) is 0 Å². The van der Waals surface area contributed by atoms with E-state index >= 15 is 0 Å². The fraction of sp³-hybridized carbons (Fsp3) is 0.250. The van der Waals surface area contributed by atoms with Gasteiger partial charge in [0.05, 0.1) is 6.33 Å². The number of aromatic amines is 1. The minimum Gasteiger partial charge on any atom is -0.348 e. The summed E-state index contributed by atoms with van der Waals surface area (Å²) in [6, 6.07) is 8.33. The summed E-state index contributed by atoms with van der Waals surface area (Å²) < 4.78 is 1.13. The lowest BCUT2D eigenvalue weighted by Crippen LogP contribution is -2.16. The first-order chi connectivity index (χ1) is 7.84. The van der Waals surface area contributed by atoms with E-state index in [4.69, 9.17) is 0 Å². The van der Waals surface area contributed by atoms with E-state index in [9.17, 15) is 0 Å². The molecule has 0 saturated heterocycles. The maximum atomic E-state index is 3.98. The summed E-state index contributed by atoms with van der Waals surface area (Å²) in [4.78, 5) is 7.07. The molecule has 2 rings (SSSR count). The molecule has 0 atom stereocenters. The first kappa shape index (κ1) is 17.4. The molecule has 0 amide bonds. The van der Waals surface area contributed by atoms with Crippen LogP contribution >= 0.6 is 40.7 Å². The van der Waals surface area contributed by atoms with Crippen molar-refractivity contribution in [1.82, 2.24) is 15.3 Å². The lowest BCUT2D eigenvalue weighted by atomic mass is 10.2. The molecule has 0 unspecified atom stereocenters. The van der Waals surface area contributed by atoms with Crippen molar-refractivity contribution in [3.05, 3.63) is 52.5 Å². The third-order valence-electron chi connectivity index (χ3n) is 2.34. The number of benzene rings is 1.